The molecule has 0 unspecified atom stereocenters. The van der Waals surface area contributed by atoms with Gasteiger partial charge in [-0.25, -0.2) is 4.79 Å². The van der Waals surface area contributed by atoms with E-state index in [1.807, 2.05) is 61.5 Å². The second-order valence-corrected chi connectivity index (χ2v) is 9.00. The number of hydrogen-bond acceptors (Lipinski definition) is 3. The molecule has 0 saturated carbocycles. The van der Waals surface area contributed by atoms with E-state index in [0.717, 1.165) is 35.2 Å². The van der Waals surface area contributed by atoms with Crippen LogP contribution in [0.5, 0.6) is 0 Å². The molecule has 1 amide bonds. The lowest BCUT2D eigenvalue weighted by molar-refractivity contribution is -0.130. The maximum atomic E-state index is 12.9. The van der Waals surface area contributed by atoms with Gasteiger partial charge in [0, 0.05) is 32.7 Å². The molecule has 3 rings (SSSR count). The Morgan fingerprint density at radius 3 is 2.17 bits per heavy atom. The van der Waals surface area contributed by atoms with Crippen molar-refractivity contribution < 1.29 is 14.7 Å². The average molecular weight is 473 g/mol. The van der Waals surface area contributed by atoms with Crippen molar-refractivity contribution in [2.75, 3.05) is 19.0 Å². The van der Waals surface area contributed by atoms with Crippen molar-refractivity contribution in [1.82, 2.24) is 4.90 Å². The number of aromatic carboxylic acids is 1. The van der Waals surface area contributed by atoms with Crippen LogP contribution < -0.4 is 4.90 Å². The molecule has 0 bridgehead atoms. The summed E-state index contributed by atoms with van der Waals surface area (Å²) in [7, 11) is 3.72. The highest BCUT2D eigenvalue weighted by molar-refractivity contribution is 5.95. The largest absolute Gasteiger partial charge is 0.478 e. The second-order valence-electron chi connectivity index (χ2n) is 9.00. The zero-order valence-electron chi connectivity index (χ0n) is 21.0. The van der Waals surface area contributed by atoms with Gasteiger partial charge in [0.15, 0.2) is 0 Å². The van der Waals surface area contributed by atoms with Crippen molar-refractivity contribution in [3.05, 3.63) is 83.9 Å². The molecule has 35 heavy (non-hydrogen) atoms. The van der Waals surface area contributed by atoms with Crippen LogP contribution >= 0.6 is 0 Å². The number of hydrogen-bond donors (Lipinski definition) is 1. The number of carbonyl (C=O) groups excluding carboxylic acids is 1. The van der Waals surface area contributed by atoms with Crippen molar-refractivity contribution in [2.24, 2.45) is 0 Å². The fourth-order valence-electron chi connectivity index (χ4n) is 4.34. The lowest BCUT2D eigenvalue weighted by Crippen LogP contribution is -2.27. The van der Waals surface area contributed by atoms with Gasteiger partial charge in [-0.2, -0.15) is 0 Å². The van der Waals surface area contributed by atoms with Crippen LogP contribution in [0.2, 0.25) is 0 Å². The van der Waals surface area contributed by atoms with Crippen LogP contribution in [-0.4, -0.2) is 36.0 Å². The molecule has 0 aromatic heterocycles. The molecule has 184 valence electrons. The van der Waals surface area contributed by atoms with Crippen LogP contribution in [0.4, 0.5) is 11.4 Å². The number of amides is 1. The summed E-state index contributed by atoms with van der Waals surface area (Å²) in [6.07, 6.45) is 6.11. The van der Waals surface area contributed by atoms with Crippen LogP contribution in [-0.2, 0) is 11.3 Å². The van der Waals surface area contributed by atoms with E-state index < -0.39 is 5.97 Å². The summed E-state index contributed by atoms with van der Waals surface area (Å²) in [5.74, 6) is -0.837. The third-order valence-electron chi connectivity index (χ3n) is 6.37. The maximum Gasteiger partial charge on any atom is 0.337 e. The maximum absolute atomic E-state index is 12.9. The molecule has 0 heterocycles. The summed E-state index contributed by atoms with van der Waals surface area (Å²) in [4.78, 5) is 28.4. The van der Waals surface area contributed by atoms with E-state index in [1.165, 1.54) is 19.3 Å². The predicted octanol–water partition coefficient (Wildman–Crippen LogP) is 7.14. The minimum absolute atomic E-state index is 0.131. The number of carbonyl (C=O) groups is 2. The first-order valence-corrected chi connectivity index (χ1v) is 12.4. The lowest BCUT2D eigenvalue weighted by Gasteiger charge is -2.27. The SMILES string of the molecule is CCCCCCCC(=O)N(C)Cc1cc(-c2ccccc2)ccc1N(C)c1ccccc1C(=O)O. The Balaban J connectivity index is 1.90. The molecule has 0 radical (unpaired) electrons. The Morgan fingerprint density at radius 1 is 0.771 bits per heavy atom. The molecule has 5 heteroatoms. The minimum atomic E-state index is -0.967. The molecular formula is C30H36N2O3. The Bertz CT molecular complexity index is 1130. The van der Waals surface area contributed by atoms with Crippen LogP contribution in [0.1, 0.15) is 61.4 Å². The van der Waals surface area contributed by atoms with E-state index in [2.05, 4.69) is 25.1 Å². The monoisotopic (exact) mass is 472 g/mol. The Morgan fingerprint density at radius 2 is 1.46 bits per heavy atom. The van der Waals surface area contributed by atoms with Gasteiger partial charge in [-0.05, 0) is 47.4 Å². The minimum Gasteiger partial charge on any atom is -0.478 e. The first kappa shape index (κ1) is 26.0. The molecular weight excluding hydrogens is 436 g/mol. The third kappa shape index (κ3) is 6.95. The topological polar surface area (TPSA) is 60.9 Å². The number of para-hydroxylation sites is 1. The van der Waals surface area contributed by atoms with Gasteiger partial charge in [0.25, 0.3) is 0 Å². The fourth-order valence-corrected chi connectivity index (χ4v) is 4.34. The summed E-state index contributed by atoms with van der Waals surface area (Å²) in [6, 6.07) is 23.3. The van der Waals surface area contributed by atoms with E-state index in [1.54, 1.807) is 17.0 Å². The molecule has 5 nitrogen and oxygen atoms in total. The van der Waals surface area contributed by atoms with Gasteiger partial charge in [0.05, 0.1) is 11.3 Å². The van der Waals surface area contributed by atoms with Crippen molar-refractivity contribution >= 4 is 23.3 Å². The second kappa shape index (κ2) is 12.7. The summed E-state index contributed by atoms with van der Waals surface area (Å²) in [6.45, 7) is 2.63. The summed E-state index contributed by atoms with van der Waals surface area (Å²) in [5.41, 5.74) is 4.85. The van der Waals surface area contributed by atoms with Crippen molar-refractivity contribution in [3.63, 3.8) is 0 Å². The molecule has 0 fully saturated rings. The van der Waals surface area contributed by atoms with E-state index in [9.17, 15) is 14.7 Å². The molecule has 0 aliphatic heterocycles. The molecule has 0 saturated heterocycles. The van der Waals surface area contributed by atoms with Gasteiger partial charge in [-0.1, -0.05) is 81.1 Å². The lowest BCUT2D eigenvalue weighted by atomic mass is 10.00. The summed E-state index contributed by atoms with van der Waals surface area (Å²) in [5, 5.41) is 9.70. The fraction of sp³-hybridized carbons (Fsp3) is 0.333. The molecule has 0 aliphatic rings. The van der Waals surface area contributed by atoms with E-state index in [-0.39, 0.29) is 11.5 Å². The van der Waals surface area contributed by atoms with Crippen LogP contribution in [0, 0.1) is 0 Å². The summed E-state index contributed by atoms with van der Waals surface area (Å²) < 4.78 is 0. The zero-order chi connectivity index (χ0) is 25.2. The van der Waals surface area contributed by atoms with Gasteiger partial charge in [0.2, 0.25) is 5.91 Å². The van der Waals surface area contributed by atoms with Crippen LogP contribution in [0.3, 0.4) is 0 Å². The van der Waals surface area contributed by atoms with Gasteiger partial charge >= 0.3 is 5.97 Å². The molecule has 3 aromatic rings. The molecule has 1 N–H and O–H groups in total. The predicted molar refractivity (Wildman–Crippen MR) is 143 cm³/mol. The molecule has 0 spiro atoms. The normalized spacial score (nSPS) is 10.7. The Hall–Kier alpha value is -3.60. The quantitative estimate of drug-likeness (QED) is 0.285. The zero-order valence-corrected chi connectivity index (χ0v) is 21.0. The molecule has 0 atom stereocenters. The highest BCUT2D eigenvalue weighted by Gasteiger charge is 2.19. The number of benzene rings is 3. The van der Waals surface area contributed by atoms with Crippen molar-refractivity contribution in [1.29, 1.82) is 0 Å². The summed E-state index contributed by atoms with van der Waals surface area (Å²) >= 11 is 0. The highest BCUT2D eigenvalue weighted by Crippen LogP contribution is 2.33. The molecule has 0 aliphatic carbocycles. The van der Waals surface area contributed by atoms with Gasteiger partial charge in [0.1, 0.15) is 0 Å². The van der Waals surface area contributed by atoms with Crippen molar-refractivity contribution in [2.45, 2.75) is 52.0 Å². The standard InChI is InChI=1S/C30H36N2O3/c1-4-5-6-7-11-18-29(33)31(2)22-25-21-24(23-14-9-8-10-15-23)19-20-27(25)32(3)28-17-13-12-16-26(28)30(34)35/h8-10,12-17,19-21H,4-7,11,18,22H2,1-3H3,(H,34,35). The average Bonchev–Trinajstić information content (AvgIpc) is 2.88. The first-order chi connectivity index (χ1) is 16.9. The third-order valence-corrected chi connectivity index (χ3v) is 6.37. The number of anilines is 2. The number of nitrogens with zero attached hydrogens (tertiary/aromatic N) is 2. The van der Waals surface area contributed by atoms with Gasteiger partial charge in [-0.15, -0.1) is 0 Å². The Kier molecular flexibility index (Phi) is 9.47. The number of carboxylic acid groups (broad SMARTS) is 1. The van der Waals surface area contributed by atoms with E-state index in [0.29, 0.717) is 18.7 Å². The number of unbranched alkanes of at least 4 members (excludes halogenated alkanes) is 4. The highest BCUT2D eigenvalue weighted by atomic mass is 16.4. The van der Waals surface area contributed by atoms with Crippen LogP contribution in [0.15, 0.2) is 72.8 Å². The van der Waals surface area contributed by atoms with E-state index >= 15 is 0 Å². The number of rotatable bonds is 12. The van der Waals surface area contributed by atoms with Crippen LogP contribution in [0.25, 0.3) is 11.1 Å². The first-order valence-electron chi connectivity index (χ1n) is 12.4. The Labute approximate surface area is 209 Å². The van der Waals surface area contributed by atoms with Crippen molar-refractivity contribution in [3.8, 4) is 11.1 Å². The van der Waals surface area contributed by atoms with E-state index in [4.69, 9.17) is 0 Å². The number of carboxylic acids is 1. The molecule has 3 aromatic carbocycles. The van der Waals surface area contributed by atoms with Gasteiger partial charge in [-0.3, -0.25) is 4.79 Å². The van der Waals surface area contributed by atoms with Gasteiger partial charge < -0.3 is 14.9 Å². The smallest absolute Gasteiger partial charge is 0.337 e.